The maximum Gasteiger partial charge on any atom is 0.407 e. The lowest BCUT2D eigenvalue weighted by molar-refractivity contribution is -0.122. The van der Waals surface area contributed by atoms with Crippen molar-refractivity contribution in [1.29, 1.82) is 0 Å². The number of ether oxygens (including phenoxy) is 2. The van der Waals surface area contributed by atoms with Crippen LogP contribution in [0.3, 0.4) is 0 Å². The number of hydrogen-bond acceptors (Lipinski definition) is 4. The monoisotopic (exact) mass is 288 g/mol. The highest BCUT2D eigenvalue weighted by Crippen LogP contribution is 2.08. The molecule has 0 aromatic carbocycles. The second-order valence-corrected chi connectivity index (χ2v) is 5.32. The second-order valence-electron chi connectivity index (χ2n) is 5.32. The Bertz CT molecular complexity index is 293. The summed E-state index contributed by atoms with van der Waals surface area (Å²) in [5.41, 5.74) is -0.392. The summed E-state index contributed by atoms with van der Waals surface area (Å²) in [6, 6.07) is 0. The number of alkyl carbamates (subject to hydrolysis) is 1. The normalized spacial score (nSPS) is 11.0. The maximum atomic E-state index is 11.4. The van der Waals surface area contributed by atoms with Crippen molar-refractivity contribution in [3.05, 3.63) is 0 Å². The Balaban J connectivity index is 3.60. The fraction of sp³-hybridized carbons (Fsp3) is 0.857. The molecule has 0 saturated carbocycles. The van der Waals surface area contributed by atoms with E-state index in [1.807, 2.05) is 13.8 Å². The molecule has 0 atom stereocenters. The second kappa shape index (κ2) is 10.5. The van der Waals surface area contributed by atoms with Crippen LogP contribution in [0, 0.1) is 0 Å². The van der Waals surface area contributed by atoms with Gasteiger partial charge >= 0.3 is 6.09 Å². The van der Waals surface area contributed by atoms with Crippen LogP contribution in [0.1, 0.15) is 46.5 Å². The molecule has 0 aliphatic carbocycles. The summed E-state index contributed by atoms with van der Waals surface area (Å²) in [7, 11) is 1.33. The predicted octanol–water partition coefficient (Wildman–Crippen LogP) is 1.83. The van der Waals surface area contributed by atoms with E-state index >= 15 is 0 Å². The Morgan fingerprint density at radius 2 is 1.90 bits per heavy atom. The van der Waals surface area contributed by atoms with E-state index in [2.05, 4.69) is 22.3 Å². The molecular formula is C14H28N2O4. The third-order valence-corrected chi connectivity index (χ3v) is 2.82. The summed E-state index contributed by atoms with van der Waals surface area (Å²) in [4.78, 5) is 22.5. The van der Waals surface area contributed by atoms with Gasteiger partial charge in [0, 0.05) is 25.1 Å². The van der Waals surface area contributed by atoms with Gasteiger partial charge in [0.25, 0.3) is 0 Å². The van der Waals surface area contributed by atoms with Crippen molar-refractivity contribution in [3.63, 3.8) is 0 Å². The first-order valence-electron chi connectivity index (χ1n) is 7.12. The van der Waals surface area contributed by atoms with Gasteiger partial charge in [-0.25, -0.2) is 4.79 Å². The van der Waals surface area contributed by atoms with Crippen molar-refractivity contribution < 1.29 is 19.1 Å². The third kappa shape index (κ3) is 10.6. The summed E-state index contributed by atoms with van der Waals surface area (Å²) in [5, 5.41) is 5.55. The summed E-state index contributed by atoms with van der Waals surface area (Å²) in [6.07, 6.45) is 2.64. The molecule has 0 aliphatic heterocycles. The molecule has 0 unspecified atom stereocenters. The lowest BCUT2D eigenvalue weighted by atomic mass is 10.0. The maximum absolute atomic E-state index is 11.4. The van der Waals surface area contributed by atoms with Crippen LogP contribution in [-0.2, 0) is 14.3 Å². The highest BCUT2D eigenvalue weighted by molar-refractivity contribution is 5.75. The van der Waals surface area contributed by atoms with Crippen molar-refractivity contribution in [2.24, 2.45) is 0 Å². The molecular weight excluding hydrogens is 260 g/mol. The number of unbranched alkanes of at least 4 members (excludes halogenated alkanes) is 1. The van der Waals surface area contributed by atoms with Gasteiger partial charge in [0.1, 0.15) is 0 Å². The molecule has 0 aromatic heterocycles. The van der Waals surface area contributed by atoms with Gasteiger partial charge in [-0.2, -0.15) is 0 Å². The number of carbonyl (C=O) groups is 2. The van der Waals surface area contributed by atoms with Crippen molar-refractivity contribution in [2.75, 3.05) is 26.9 Å². The molecule has 0 fully saturated rings. The fourth-order valence-electron chi connectivity index (χ4n) is 1.48. The summed E-state index contributed by atoms with van der Waals surface area (Å²) >= 11 is 0. The average molecular weight is 288 g/mol. The minimum absolute atomic E-state index is 0.0189. The number of amides is 2. The molecule has 2 N–H and O–H groups in total. The average Bonchev–Trinajstić information content (AvgIpc) is 2.37. The predicted molar refractivity (Wildman–Crippen MR) is 77.6 cm³/mol. The summed E-state index contributed by atoms with van der Waals surface area (Å²) < 4.78 is 9.96. The van der Waals surface area contributed by atoms with Gasteiger partial charge in [-0.3, -0.25) is 4.79 Å². The van der Waals surface area contributed by atoms with E-state index in [0.717, 1.165) is 19.4 Å². The van der Waals surface area contributed by atoms with Crippen LogP contribution in [0.2, 0.25) is 0 Å². The Labute approximate surface area is 121 Å². The highest BCUT2D eigenvalue weighted by atomic mass is 16.5. The molecule has 2 amide bonds. The van der Waals surface area contributed by atoms with Gasteiger partial charge in [-0.1, -0.05) is 13.3 Å². The molecule has 0 radical (unpaired) electrons. The Morgan fingerprint density at radius 1 is 1.20 bits per heavy atom. The number of nitrogens with one attached hydrogen (secondary N) is 2. The molecule has 0 bridgehead atoms. The van der Waals surface area contributed by atoms with Gasteiger partial charge in [-0.15, -0.1) is 0 Å². The molecule has 0 rings (SSSR count). The van der Waals surface area contributed by atoms with Gasteiger partial charge in [0.05, 0.1) is 13.7 Å². The fourth-order valence-corrected chi connectivity index (χ4v) is 1.48. The molecule has 0 aliphatic rings. The van der Waals surface area contributed by atoms with Crippen LogP contribution in [0.5, 0.6) is 0 Å². The van der Waals surface area contributed by atoms with Gasteiger partial charge in [-0.05, 0) is 26.7 Å². The Kier molecular flexibility index (Phi) is 9.80. The zero-order chi connectivity index (χ0) is 15.4. The zero-order valence-electron chi connectivity index (χ0n) is 13.1. The molecule has 20 heavy (non-hydrogen) atoms. The van der Waals surface area contributed by atoms with Crippen LogP contribution in [-0.4, -0.2) is 44.4 Å². The lowest BCUT2D eigenvalue weighted by Crippen LogP contribution is -2.44. The van der Waals surface area contributed by atoms with Gasteiger partial charge < -0.3 is 20.1 Å². The minimum atomic E-state index is -0.453. The van der Waals surface area contributed by atoms with Crippen molar-refractivity contribution in [2.45, 2.75) is 52.0 Å². The van der Waals surface area contributed by atoms with Crippen molar-refractivity contribution >= 4 is 12.0 Å². The molecule has 0 saturated heterocycles. The van der Waals surface area contributed by atoms with E-state index in [0.29, 0.717) is 26.1 Å². The van der Waals surface area contributed by atoms with E-state index in [1.165, 1.54) is 7.11 Å². The minimum Gasteiger partial charge on any atom is -0.453 e. The van der Waals surface area contributed by atoms with E-state index in [1.54, 1.807) is 0 Å². The lowest BCUT2D eigenvalue weighted by Gasteiger charge is -2.25. The standard InChI is InChI=1S/C14H28N2O4/c1-5-6-9-15-12(17)7-10-20-11-8-14(2,3)16-13(18)19-4/h5-11H2,1-4H3,(H,15,17)(H,16,18). The zero-order valence-corrected chi connectivity index (χ0v) is 13.1. The van der Waals surface area contributed by atoms with E-state index in [4.69, 9.17) is 4.74 Å². The SMILES string of the molecule is CCCCNC(=O)CCOCCC(C)(C)NC(=O)OC. The number of methoxy groups -OCH3 is 1. The van der Waals surface area contributed by atoms with Crippen molar-refractivity contribution in [1.82, 2.24) is 10.6 Å². The van der Waals surface area contributed by atoms with Crippen molar-refractivity contribution in [3.8, 4) is 0 Å². The summed E-state index contributed by atoms with van der Waals surface area (Å²) in [5.74, 6) is 0.0189. The van der Waals surface area contributed by atoms with E-state index in [-0.39, 0.29) is 5.91 Å². The first-order chi connectivity index (χ1) is 9.41. The molecule has 0 spiro atoms. The Morgan fingerprint density at radius 3 is 2.50 bits per heavy atom. The first kappa shape index (κ1) is 18.7. The first-order valence-corrected chi connectivity index (χ1v) is 7.12. The van der Waals surface area contributed by atoms with Crippen LogP contribution in [0.4, 0.5) is 4.79 Å². The Hall–Kier alpha value is -1.30. The van der Waals surface area contributed by atoms with Gasteiger partial charge in [0.2, 0.25) is 5.91 Å². The highest BCUT2D eigenvalue weighted by Gasteiger charge is 2.20. The van der Waals surface area contributed by atoms with Gasteiger partial charge in [0.15, 0.2) is 0 Å². The number of hydrogen-bond donors (Lipinski definition) is 2. The van der Waals surface area contributed by atoms with E-state index < -0.39 is 11.6 Å². The third-order valence-electron chi connectivity index (χ3n) is 2.82. The molecule has 0 heterocycles. The topological polar surface area (TPSA) is 76.7 Å². The molecule has 0 aromatic rings. The molecule has 118 valence electrons. The number of carbonyl (C=O) groups excluding carboxylic acids is 2. The summed E-state index contributed by atoms with van der Waals surface area (Å²) in [6.45, 7) is 7.48. The van der Waals surface area contributed by atoms with Crippen LogP contribution in [0.25, 0.3) is 0 Å². The smallest absolute Gasteiger partial charge is 0.407 e. The van der Waals surface area contributed by atoms with Crippen LogP contribution >= 0.6 is 0 Å². The van der Waals surface area contributed by atoms with Crippen LogP contribution < -0.4 is 10.6 Å². The van der Waals surface area contributed by atoms with E-state index in [9.17, 15) is 9.59 Å². The largest absolute Gasteiger partial charge is 0.453 e. The van der Waals surface area contributed by atoms with Crippen LogP contribution in [0.15, 0.2) is 0 Å². The number of rotatable bonds is 10. The molecule has 6 nitrogen and oxygen atoms in total. The quantitative estimate of drug-likeness (QED) is 0.601. The molecule has 6 heteroatoms.